The van der Waals surface area contributed by atoms with E-state index >= 15 is 0 Å². The maximum Gasteiger partial charge on any atom is 0.327 e. The number of hydrogen-bond acceptors (Lipinski definition) is 9. The average molecular weight is 403 g/mol. The Labute approximate surface area is 156 Å². The molecule has 2 aromatic rings. The summed E-state index contributed by atoms with van der Waals surface area (Å²) in [5, 5.41) is 22.0. The number of rotatable bonds is 9. The second kappa shape index (κ2) is 8.70. The van der Waals surface area contributed by atoms with Crippen LogP contribution in [0.1, 0.15) is 10.4 Å². The third kappa shape index (κ3) is 4.97. The fraction of sp³-hybridized carbons (Fsp3) is 0.429. The van der Waals surface area contributed by atoms with Gasteiger partial charge in [0.1, 0.15) is 29.1 Å². The Morgan fingerprint density at radius 3 is 2.56 bits per heavy atom. The monoisotopic (exact) mass is 402 g/mol. The summed E-state index contributed by atoms with van der Waals surface area (Å²) < 4.78 is 0. The highest BCUT2D eigenvalue weighted by Gasteiger charge is 2.21. The van der Waals surface area contributed by atoms with Gasteiger partial charge in [0.2, 0.25) is 0 Å². The van der Waals surface area contributed by atoms with Gasteiger partial charge in [0, 0.05) is 16.4 Å². The molecule has 2 unspecified atom stereocenters. The summed E-state index contributed by atoms with van der Waals surface area (Å²) in [5.74, 6) is -1.15. The topological polar surface area (TPSA) is 138 Å². The molecule has 2 aromatic heterocycles. The molecule has 0 aliphatic rings. The number of aryl methyl sites for hydroxylation is 2. The number of hydrogen-bond donors (Lipinski definition) is 4. The fourth-order valence-corrected chi connectivity index (χ4v) is 5.21. The molecule has 2 heterocycles. The standard InChI is InChI=1S/C14H18N4O4S3/c1-6-7(2)25-12-10(6)11(16-5-17-12)18-9(14(21)22)4-24-23-3-8(15)13(19)20/h5,8-9H,3-4,15H2,1-2H3,(H,19,20)(H,21,22)(H,16,17,18). The van der Waals surface area contributed by atoms with Crippen molar-refractivity contribution in [3.63, 3.8) is 0 Å². The minimum Gasteiger partial charge on any atom is -0.480 e. The van der Waals surface area contributed by atoms with Crippen molar-refractivity contribution in [3.05, 3.63) is 16.8 Å². The van der Waals surface area contributed by atoms with Crippen LogP contribution < -0.4 is 11.1 Å². The molecule has 11 heteroatoms. The predicted molar refractivity (Wildman–Crippen MR) is 102 cm³/mol. The molecule has 0 saturated heterocycles. The zero-order valence-electron chi connectivity index (χ0n) is 13.6. The molecule has 0 amide bonds. The van der Waals surface area contributed by atoms with Crippen LogP contribution in [0.25, 0.3) is 10.2 Å². The summed E-state index contributed by atoms with van der Waals surface area (Å²) in [6.07, 6.45) is 1.41. The Morgan fingerprint density at radius 2 is 1.92 bits per heavy atom. The van der Waals surface area contributed by atoms with Crippen molar-refractivity contribution in [3.8, 4) is 0 Å². The summed E-state index contributed by atoms with van der Waals surface area (Å²) >= 11 is 1.54. The van der Waals surface area contributed by atoms with Crippen molar-refractivity contribution in [1.29, 1.82) is 0 Å². The summed E-state index contributed by atoms with van der Waals surface area (Å²) in [5.41, 5.74) is 6.45. The fourth-order valence-electron chi connectivity index (χ4n) is 1.94. The largest absolute Gasteiger partial charge is 0.480 e. The van der Waals surface area contributed by atoms with Crippen LogP contribution in [0.4, 0.5) is 5.82 Å². The number of aromatic nitrogens is 2. The first kappa shape index (κ1) is 19.8. The molecular weight excluding hydrogens is 384 g/mol. The van der Waals surface area contributed by atoms with Crippen LogP contribution in [0.5, 0.6) is 0 Å². The van der Waals surface area contributed by atoms with E-state index in [4.69, 9.17) is 10.8 Å². The van der Waals surface area contributed by atoms with Crippen molar-refractivity contribution in [2.45, 2.75) is 25.9 Å². The van der Waals surface area contributed by atoms with Crippen LogP contribution in [-0.4, -0.2) is 55.7 Å². The maximum absolute atomic E-state index is 11.5. The van der Waals surface area contributed by atoms with Crippen molar-refractivity contribution < 1.29 is 19.8 Å². The first-order chi connectivity index (χ1) is 11.8. The average Bonchev–Trinajstić information content (AvgIpc) is 2.85. The smallest absolute Gasteiger partial charge is 0.327 e. The van der Waals surface area contributed by atoms with Gasteiger partial charge in [0.25, 0.3) is 0 Å². The number of aliphatic carboxylic acids is 2. The molecule has 0 radical (unpaired) electrons. The number of nitrogens with one attached hydrogen (secondary N) is 1. The van der Waals surface area contributed by atoms with Crippen molar-refractivity contribution >= 4 is 60.9 Å². The lowest BCUT2D eigenvalue weighted by atomic mass is 10.2. The van der Waals surface area contributed by atoms with E-state index < -0.39 is 24.0 Å². The molecule has 0 aliphatic heterocycles. The molecule has 0 spiro atoms. The highest BCUT2D eigenvalue weighted by Crippen LogP contribution is 2.33. The minimum atomic E-state index is -1.08. The third-order valence-corrected chi connectivity index (χ3v) is 7.02. The number of carbonyl (C=O) groups is 2. The van der Waals surface area contributed by atoms with E-state index in [-0.39, 0.29) is 11.5 Å². The summed E-state index contributed by atoms with van der Waals surface area (Å²) in [6.45, 7) is 3.94. The Kier molecular flexibility index (Phi) is 6.87. The molecule has 2 atom stereocenters. The molecule has 0 fully saturated rings. The molecule has 5 N–H and O–H groups in total. The Balaban J connectivity index is 2.05. The van der Waals surface area contributed by atoms with Crippen LogP contribution in [0.2, 0.25) is 0 Å². The first-order valence-electron chi connectivity index (χ1n) is 7.24. The highest BCUT2D eigenvalue weighted by atomic mass is 33.1. The molecule has 136 valence electrons. The van der Waals surface area contributed by atoms with Gasteiger partial charge in [-0.25, -0.2) is 14.8 Å². The van der Waals surface area contributed by atoms with Crippen molar-refractivity contribution in [1.82, 2.24) is 9.97 Å². The van der Waals surface area contributed by atoms with Gasteiger partial charge in [-0.2, -0.15) is 0 Å². The first-order valence-corrected chi connectivity index (χ1v) is 10.5. The van der Waals surface area contributed by atoms with E-state index in [1.807, 2.05) is 13.8 Å². The molecule has 2 rings (SSSR count). The van der Waals surface area contributed by atoms with Gasteiger partial charge in [-0.05, 0) is 19.4 Å². The van der Waals surface area contributed by atoms with Gasteiger partial charge in [-0.15, -0.1) is 11.3 Å². The summed E-state index contributed by atoms with van der Waals surface area (Å²) in [4.78, 5) is 32.5. The van der Waals surface area contributed by atoms with Gasteiger partial charge in [-0.1, -0.05) is 21.6 Å². The van der Waals surface area contributed by atoms with Gasteiger partial charge in [0.05, 0.1) is 5.39 Å². The number of carboxylic acid groups (broad SMARTS) is 2. The molecule has 0 aromatic carbocycles. The van der Waals surface area contributed by atoms with Crippen LogP contribution >= 0.6 is 32.9 Å². The SMILES string of the molecule is Cc1sc2ncnc(NC(CSSCC(N)C(=O)O)C(=O)O)c2c1C. The highest BCUT2D eigenvalue weighted by molar-refractivity contribution is 8.76. The van der Waals surface area contributed by atoms with Crippen LogP contribution in [0.15, 0.2) is 6.33 Å². The molecular formula is C14H18N4O4S3. The number of fused-ring (bicyclic) bond motifs is 1. The second-order valence-corrected chi connectivity index (χ2v) is 8.99. The quantitative estimate of drug-likeness (QED) is 0.363. The van der Waals surface area contributed by atoms with E-state index in [1.54, 1.807) is 0 Å². The molecule has 0 bridgehead atoms. The molecule has 25 heavy (non-hydrogen) atoms. The molecule has 0 aliphatic carbocycles. The van der Waals surface area contributed by atoms with E-state index in [0.717, 1.165) is 20.7 Å². The van der Waals surface area contributed by atoms with Gasteiger partial charge in [-0.3, -0.25) is 4.79 Å². The van der Waals surface area contributed by atoms with E-state index in [2.05, 4.69) is 15.3 Å². The van der Waals surface area contributed by atoms with Gasteiger partial charge in [0.15, 0.2) is 0 Å². The molecule has 0 saturated carbocycles. The van der Waals surface area contributed by atoms with Crippen LogP contribution in [0.3, 0.4) is 0 Å². The lowest BCUT2D eigenvalue weighted by Crippen LogP contribution is -2.33. The van der Waals surface area contributed by atoms with Gasteiger partial charge >= 0.3 is 11.9 Å². The summed E-state index contributed by atoms with van der Waals surface area (Å²) in [7, 11) is 2.49. The number of thiophene rings is 1. The zero-order chi connectivity index (χ0) is 18.6. The number of carboxylic acids is 2. The Bertz CT molecular complexity index is 783. The number of nitrogens with two attached hydrogens (primary N) is 1. The lowest BCUT2D eigenvalue weighted by molar-refractivity contribution is -0.138. The minimum absolute atomic E-state index is 0.201. The van der Waals surface area contributed by atoms with E-state index in [1.165, 1.54) is 39.3 Å². The predicted octanol–water partition coefficient (Wildman–Crippen LogP) is 1.97. The lowest BCUT2D eigenvalue weighted by Gasteiger charge is -2.15. The number of anilines is 1. The Hall–Kier alpha value is -1.56. The van der Waals surface area contributed by atoms with Crippen molar-refractivity contribution in [2.75, 3.05) is 16.8 Å². The normalized spacial score (nSPS) is 13.6. The van der Waals surface area contributed by atoms with Crippen LogP contribution in [-0.2, 0) is 9.59 Å². The van der Waals surface area contributed by atoms with E-state index in [9.17, 15) is 14.7 Å². The second-order valence-electron chi connectivity index (χ2n) is 5.23. The summed E-state index contributed by atoms with van der Waals surface area (Å²) in [6, 6.07) is -1.83. The van der Waals surface area contributed by atoms with Gasteiger partial charge < -0.3 is 21.3 Å². The van der Waals surface area contributed by atoms with E-state index in [0.29, 0.717) is 5.82 Å². The maximum atomic E-state index is 11.5. The molecule has 8 nitrogen and oxygen atoms in total. The van der Waals surface area contributed by atoms with Crippen LogP contribution in [0, 0.1) is 13.8 Å². The Morgan fingerprint density at radius 1 is 1.24 bits per heavy atom. The zero-order valence-corrected chi connectivity index (χ0v) is 16.0. The third-order valence-electron chi connectivity index (χ3n) is 3.46. The number of nitrogens with zero attached hydrogens (tertiary/aromatic N) is 2. The van der Waals surface area contributed by atoms with Crippen molar-refractivity contribution in [2.24, 2.45) is 5.73 Å².